The van der Waals surface area contributed by atoms with E-state index < -0.39 is 9.84 Å². The molecule has 0 aliphatic rings. The van der Waals surface area contributed by atoms with Crippen molar-refractivity contribution in [2.24, 2.45) is 11.7 Å². The molecule has 0 aliphatic carbocycles. The molecule has 4 heteroatoms. The molecule has 0 aliphatic heterocycles. The van der Waals surface area contributed by atoms with Gasteiger partial charge in [-0.25, -0.2) is 8.42 Å². The van der Waals surface area contributed by atoms with Gasteiger partial charge < -0.3 is 5.73 Å². The largest absolute Gasteiger partial charge is 0.324 e. The lowest BCUT2D eigenvalue weighted by atomic mass is 9.93. The first-order chi connectivity index (χ1) is 7.36. The maximum Gasteiger partial charge on any atom is 0.175 e. The zero-order valence-electron chi connectivity index (χ0n) is 9.97. The van der Waals surface area contributed by atoms with Crippen molar-refractivity contribution in [2.75, 3.05) is 6.26 Å². The summed E-state index contributed by atoms with van der Waals surface area (Å²) in [7, 11) is -3.11. The van der Waals surface area contributed by atoms with Gasteiger partial charge in [0.05, 0.1) is 4.90 Å². The smallest absolute Gasteiger partial charge is 0.175 e. The maximum atomic E-state index is 11.3. The van der Waals surface area contributed by atoms with Gasteiger partial charge in [-0.2, -0.15) is 0 Å². The zero-order valence-corrected chi connectivity index (χ0v) is 10.8. The molecule has 1 unspecified atom stereocenters. The van der Waals surface area contributed by atoms with E-state index >= 15 is 0 Å². The number of nitrogens with two attached hydrogens (primary N) is 1. The van der Waals surface area contributed by atoms with Crippen molar-refractivity contribution >= 4 is 9.84 Å². The average molecular weight is 241 g/mol. The Balaban J connectivity index is 2.96. The first-order valence-corrected chi connectivity index (χ1v) is 7.31. The van der Waals surface area contributed by atoms with Crippen molar-refractivity contribution in [3.63, 3.8) is 0 Å². The Bertz CT molecular complexity index is 437. The Hall–Kier alpha value is -0.870. The van der Waals surface area contributed by atoms with Crippen LogP contribution in [0.5, 0.6) is 0 Å². The Morgan fingerprint density at radius 3 is 2.12 bits per heavy atom. The molecule has 0 heterocycles. The Morgan fingerprint density at radius 1 is 1.25 bits per heavy atom. The standard InChI is InChI=1S/C12H19NO2S/c1-4-9(2)12(13)10-5-7-11(8-6-10)16(3,14)15/h5-9,12H,4,13H2,1-3H3/t9?,12-/m1/s1. The lowest BCUT2D eigenvalue weighted by Crippen LogP contribution is -2.18. The van der Waals surface area contributed by atoms with Crippen LogP contribution in [0.3, 0.4) is 0 Å². The molecule has 16 heavy (non-hydrogen) atoms. The molecule has 0 radical (unpaired) electrons. The highest BCUT2D eigenvalue weighted by Gasteiger charge is 2.14. The van der Waals surface area contributed by atoms with Gasteiger partial charge in [0, 0.05) is 12.3 Å². The Morgan fingerprint density at radius 2 is 1.75 bits per heavy atom. The minimum absolute atomic E-state index is 0.0291. The van der Waals surface area contributed by atoms with Crippen LogP contribution in [-0.4, -0.2) is 14.7 Å². The summed E-state index contributed by atoms with van der Waals surface area (Å²) in [5.74, 6) is 0.393. The van der Waals surface area contributed by atoms with E-state index in [0.717, 1.165) is 12.0 Å². The summed E-state index contributed by atoms with van der Waals surface area (Å²) in [4.78, 5) is 0.340. The van der Waals surface area contributed by atoms with E-state index in [1.807, 2.05) is 0 Å². The van der Waals surface area contributed by atoms with Crippen molar-refractivity contribution in [1.29, 1.82) is 0 Å². The molecule has 0 amide bonds. The zero-order chi connectivity index (χ0) is 12.3. The molecule has 2 N–H and O–H groups in total. The topological polar surface area (TPSA) is 60.2 Å². The predicted molar refractivity (Wildman–Crippen MR) is 65.9 cm³/mol. The second-order valence-electron chi connectivity index (χ2n) is 4.25. The summed E-state index contributed by atoms with van der Waals surface area (Å²) in [6.45, 7) is 4.19. The summed E-state index contributed by atoms with van der Waals surface area (Å²) in [6.07, 6.45) is 2.21. The third-order valence-electron chi connectivity index (χ3n) is 2.95. The van der Waals surface area contributed by atoms with Gasteiger partial charge in [0.25, 0.3) is 0 Å². The number of benzene rings is 1. The van der Waals surface area contributed by atoms with Gasteiger partial charge in [0.1, 0.15) is 0 Å². The van der Waals surface area contributed by atoms with E-state index in [0.29, 0.717) is 10.8 Å². The van der Waals surface area contributed by atoms with Crippen LogP contribution in [-0.2, 0) is 9.84 Å². The van der Waals surface area contributed by atoms with Crippen molar-refractivity contribution in [1.82, 2.24) is 0 Å². The first kappa shape index (κ1) is 13.2. The van der Waals surface area contributed by atoms with Crippen molar-refractivity contribution in [3.8, 4) is 0 Å². The molecule has 0 aromatic heterocycles. The molecule has 2 atom stereocenters. The third-order valence-corrected chi connectivity index (χ3v) is 4.08. The summed E-state index contributed by atoms with van der Waals surface area (Å²) < 4.78 is 22.5. The van der Waals surface area contributed by atoms with Crippen molar-refractivity contribution in [2.45, 2.75) is 31.2 Å². The van der Waals surface area contributed by atoms with Gasteiger partial charge >= 0.3 is 0 Å². The minimum atomic E-state index is -3.11. The van der Waals surface area contributed by atoms with Gasteiger partial charge in [-0.05, 0) is 23.6 Å². The average Bonchev–Trinajstić information content (AvgIpc) is 2.26. The van der Waals surface area contributed by atoms with Crippen LogP contribution < -0.4 is 5.73 Å². The van der Waals surface area contributed by atoms with Gasteiger partial charge in [-0.3, -0.25) is 0 Å². The van der Waals surface area contributed by atoms with E-state index in [2.05, 4.69) is 13.8 Å². The van der Waals surface area contributed by atoms with Crippen LogP contribution in [0, 0.1) is 5.92 Å². The molecule has 1 rings (SSSR count). The van der Waals surface area contributed by atoms with E-state index in [4.69, 9.17) is 5.73 Å². The van der Waals surface area contributed by atoms with Gasteiger partial charge in [0.15, 0.2) is 9.84 Å². The molecule has 0 fully saturated rings. The van der Waals surface area contributed by atoms with Crippen molar-refractivity contribution in [3.05, 3.63) is 29.8 Å². The molecule has 0 spiro atoms. The van der Waals surface area contributed by atoms with E-state index in [-0.39, 0.29) is 6.04 Å². The lowest BCUT2D eigenvalue weighted by molar-refractivity contribution is 0.456. The van der Waals surface area contributed by atoms with E-state index in [1.165, 1.54) is 6.26 Å². The molecule has 0 bridgehead atoms. The molecular weight excluding hydrogens is 222 g/mol. The monoisotopic (exact) mass is 241 g/mol. The highest BCUT2D eigenvalue weighted by atomic mass is 32.2. The molecule has 0 saturated heterocycles. The van der Waals surface area contributed by atoms with Gasteiger partial charge in [-0.15, -0.1) is 0 Å². The van der Waals surface area contributed by atoms with Gasteiger partial charge in [0.2, 0.25) is 0 Å². The minimum Gasteiger partial charge on any atom is -0.324 e. The third kappa shape index (κ3) is 3.06. The summed E-state index contributed by atoms with van der Waals surface area (Å²) in [5.41, 5.74) is 7.05. The molecule has 1 aromatic carbocycles. The normalized spacial score (nSPS) is 15.8. The van der Waals surface area contributed by atoms with Crippen LogP contribution in [0.4, 0.5) is 0 Å². The SMILES string of the molecule is CCC(C)[C@@H](N)c1ccc(S(C)(=O)=O)cc1. The van der Waals surface area contributed by atoms with E-state index in [9.17, 15) is 8.42 Å². The summed E-state index contributed by atoms with van der Waals surface area (Å²) >= 11 is 0. The fourth-order valence-corrected chi connectivity index (χ4v) is 2.15. The van der Waals surface area contributed by atoms with E-state index in [1.54, 1.807) is 24.3 Å². The molecule has 1 aromatic rings. The second kappa shape index (κ2) is 4.97. The van der Waals surface area contributed by atoms with Crippen LogP contribution in [0.2, 0.25) is 0 Å². The van der Waals surface area contributed by atoms with Crippen molar-refractivity contribution < 1.29 is 8.42 Å². The van der Waals surface area contributed by atoms with Gasteiger partial charge in [-0.1, -0.05) is 32.4 Å². The predicted octanol–water partition coefficient (Wildman–Crippen LogP) is 2.14. The Labute approximate surface area is 97.6 Å². The molecular formula is C12H19NO2S. The fraction of sp³-hybridized carbons (Fsp3) is 0.500. The fourth-order valence-electron chi connectivity index (χ4n) is 1.52. The quantitative estimate of drug-likeness (QED) is 0.878. The van der Waals surface area contributed by atoms with Crippen LogP contribution >= 0.6 is 0 Å². The number of rotatable bonds is 4. The highest BCUT2D eigenvalue weighted by Crippen LogP contribution is 2.22. The summed E-state index contributed by atoms with van der Waals surface area (Å²) in [5, 5.41) is 0. The molecule has 90 valence electrons. The highest BCUT2D eigenvalue weighted by molar-refractivity contribution is 7.90. The number of hydrogen-bond donors (Lipinski definition) is 1. The maximum absolute atomic E-state index is 11.3. The lowest BCUT2D eigenvalue weighted by Gasteiger charge is -2.18. The second-order valence-corrected chi connectivity index (χ2v) is 6.27. The van der Waals surface area contributed by atoms with Crippen LogP contribution in [0.25, 0.3) is 0 Å². The molecule has 3 nitrogen and oxygen atoms in total. The number of hydrogen-bond acceptors (Lipinski definition) is 3. The number of sulfone groups is 1. The van der Waals surface area contributed by atoms with Crippen LogP contribution in [0.1, 0.15) is 31.9 Å². The first-order valence-electron chi connectivity index (χ1n) is 5.42. The summed E-state index contributed by atoms with van der Waals surface area (Å²) in [6, 6.07) is 6.80. The Kier molecular flexibility index (Phi) is 4.10. The van der Waals surface area contributed by atoms with Crippen LogP contribution in [0.15, 0.2) is 29.2 Å². The molecule has 0 saturated carbocycles.